The topological polar surface area (TPSA) is 49.8 Å². The van der Waals surface area contributed by atoms with E-state index in [2.05, 4.69) is 0 Å². The number of halogens is 4. The molecule has 148 valence electrons. The summed E-state index contributed by atoms with van der Waals surface area (Å²) in [4.78, 5) is 12.7. The van der Waals surface area contributed by atoms with Gasteiger partial charge in [-0.3, -0.25) is 4.90 Å². The minimum Gasteiger partial charge on any atom is -0.491 e. The van der Waals surface area contributed by atoms with Crippen LogP contribution in [0.25, 0.3) is 0 Å². The van der Waals surface area contributed by atoms with Gasteiger partial charge in [0.2, 0.25) is 0 Å². The molecule has 0 unspecified atom stereocenters. The number of benzene rings is 1. The molecule has 26 heavy (non-hydrogen) atoms. The van der Waals surface area contributed by atoms with Crippen molar-refractivity contribution < 1.29 is 27.8 Å². The predicted octanol–water partition coefficient (Wildman–Crippen LogP) is 5.73. The lowest BCUT2D eigenvalue weighted by molar-refractivity contribution is -0.180. The number of nitrogens with zero attached hydrogens (tertiary/aromatic N) is 1. The third kappa shape index (κ3) is 4.96. The number of amides is 1. The van der Waals surface area contributed by atoms with E-state index in [9.17, 15) is 23.1 Å². The Morgan fingerprint density at radius 2 is 1.77 bits per heavy atom. The first-order chi connectivity index (χ1) is 11.6. The molecule has 0 fully saturated rings. The van der Waals surface area contributed by atoms with Crippen molar-refractivity contribution in [1.82, 2.24) is 4.90 Å². The maximum absolute atomic E-state index is 13.4. The number of alkyl halides is 3. The van der Waals surface area contributed by atoms with Gasteiger partial charge >= 0.3 is 12.3 Å². The molecule has 0 heterocycles. The minimum atomic E-state index is -4.50. The van der Waals surface area contributed by atoms with E-state index < -0.39 is 29.3 Å². The average molecular weight is 396 g/mol. The summed E-state index contributed by atoms with van der Waals surface area (Å²) < 4.78 is 45.9. The molecule has 0 radical (unpaired) electrons. The van der Waals surface area contributed by atoms with Gasteiger partial charge in [-0.1, -0.05) is 11.6 Å². The Bertz CT molecular complexity index is 654. The van der Waals surface area contributed by atoms with E-state index in [4.69, 9.17) is 16.3 Å². The Hall–Kier alpha value is -1.63. The van der Waals surface area contributed by atoms with Gasteiger partial charge in [0, 0.05) is 16.1 Å². The lowest BCUT2D eigenvalue weighted by Gasteiger charge is -2.38. The second-order valence-corrected chi connectivity index (χ2v) is 8.18. The third-order valence-corrected chi connectivity index (χ3v) is 4.41. The monoisotopic (exact) mass is 395 g/mol. The van der Waals surface area contributed by atoms with Crippen LogP contribution in [0.2, 0.25) is 5.02 Å². The summed E-state index contributed by atoms with van der Waals surface area (Å²) in [7, 11) is 0. The van der Waals surface area contributed by atoms with E-state index in [1.807, 2.05) is 0 Å². The van der Waals surface area contributed by atoms with Crippen LogP contribution >= 0.6 is 11.6 Å². The van der Waals surface area contributed by atoms with Crippen LogP contribution in [0.15, 0.2) is 18.2 Å². The highest BCUT2D eigenvalue weighted by molar-refractivity contribution is 6.30. The first kappa shape index (κ1) is 22.4. The zero-order valence-electron chi connectivity index (χ0n) is 15.7. The van der Waals surface area contributed by atoms with Crippen LogP contribution in [0.3, 0.4) is 0 Å². The van der Waals surface area contributed by atoms with Crippen LogP contribution in [-0.2, 0) is 5.41 Å². The van der Waals surface area contributed by atoms with Gasteiger partial charge in [-0.2, -0.15) is 13.2 Å². The second kappa shape index (κ2) is 7.55. The Labute approximate surface area is 156 Å². The summed E-state index contributed by atoms with van der Waals surface area (Å²) in [5.74, 6) is 0.0304. The number of ether oxygens (including phenoxy) is 1. The molecule has 0 aliphatic rings. The molecule has 0 aliphatic carbocycles. The van der Waals surface area contributed by atoms with Crippen molar-refractivity contribution in [2.75, 3.05) is 6.61 Å². The highest BCUT2D eigenvalue weighted by atomic mass is 35.5. The smallest absolute Gasteiger partial charge is 0.408 e. The Balaban J connectivity index is 3.14. The number of hydrogen-bond acceptors (Lipinski definition) is 2. The van der Waals surface area contributed by atoms with Crippen molar-refractivity contribution in [2.24, 2.45) is 0 Å². The zero-order valence-corrected chi connectivity index (χ0v) is 16.5. The van der Waals surface area contributed by atoms with Gasteiger partial charge in [-0.25, -0.2) is 4.79 Å². The number of carbonyl (C=O) groups is 1. The van der Waals surface area contributed by atoms with Crippen LogP contribution in [0, 0.1) is 0 Å². The molecule has 0 aromatic heterocycles. The van der Waals surface area contributed by atoms with E-state index in [-0.39, 0.29) is 22.9 Å². The number of hydrogen-bond donors (Lipinski definition) is 1. The summed E-state index contributed by atoms with van der Waals surface area (Å²) in [6, 6.07) is 3.48. The normalized spacial score (nSPS) is 14.1. The third-order valence-electron chi connectivity index (χ3n) is 4.17. The summed E-state index contributed by atoms with van der Waals surface area (Å²) in [6.45, 7) is 8.85. The van der Waals surface area contributed by atoms with Crippen LogP contribution < -0.4 is 4.74 Å². The van der Waals surface area contributed by atoms with Gasteiger partial charge < -0.3 is 9.84 Å². The molecule has 1 aromatic rings. The lowest BCUT2D eigenvalue weighted by Crippen LogP contribution is -2.52. The van der Waals surface area contributed by atoms with Gasteiger partial charge in [-0.05, 0) is 59.7 Å². The van der Waals surface area contributed by atoms with Crippen LogP contribution in [0.4, 0.5) is 18.0 Å². The molecule has 0 aliphatic heterocycles. The predicted molar refractivity (Wildman–Crippen MR) is 95.1 cm³/mol. The van der Waals surface area contributed by atoms with Gasteiger partial charge in [-0.15, -0.1) is 0 Å². The van der Waals surface area contributed by atoms with Gasteiger partial charge in [0.25, 0.3) is 0 Å². The SMILES string of the molecule is C[C@@H](COc1ccc(Cl)cc1C(C)(C)C(F)(F)F)N(C(=O)O)C(C)(C)C. The van der Waals surface area contributed by atoms with E-state index in [0.29, 0.717) is 0 Å². The van der Waals surface area contributed by atoms with Crippen molar-refractivity contribution >= 4 is 17.7 Å². The maximum atomic E-state index is 13.4. The van der Waals surface area contributed by atoms with Crippen molar-refractivity contribution in [3.8, 4) is 5.75 Å². The number of carboxylic acid groups (broad SMARTS) is 1. The molecule has 1 rings (SSSR count). The molecule has 1 N–H and O–H groups in total. The Morgan fingerprint density at radius 3 is 2.19 bits per heavy atom. The van der Waals surface area contributed by atoms with Crippen LogP contribution in [0.1, 0.15) is 47.1 Å². The summed E-state index contributed by atoms with van der Waals surface area (Å²) >= 11 is 5.88. The quantitative estimate of drug-likeness (QED) is 0.693. The van der Waals surface area contributed by atoms with Crippen LogP contribution in [-0.4, -0.2) is 40.5 Å². The van der Waals surface area contributed by atoms with E-state index in [0.717, 1.165) is 13.8 Å². The highest BCUT2D eigenvalue weighted by Crippen LogP contribution is 2.45. The standard InChI is InChI=1S/C18H25ClF3NO3/c1-11(23(15(24)25)16(2,3)4)10-26-14-8-7-12(19)9-13(14)17(5,6)18(20,21)22/h7-9,11H,10H2,1-6H3,(H,24,25)/t11-/m0/s1. The minimum absolute atomic E-state index is 0.0304. The molecular weight excluding hydrogens is 371 g/mol. The van der Waals surface area contributed by atoms with Crippen molar-refractivity contribution in [3.05, 3.63) is 28.8 Å². The maximum Gasteiger partial charge on any atom is 0.408 e. The number of rotatable bonds is 5. The second-order valence-electron chi connectivity index (χ2n) is 7.75. The summed E-state index contributed by atoms with van der Waals surface area (Å²) in [5.41, 5.74) is -2.95. The highest BCUT2D eigenvalue weighted by Gasteiger charge is 2.50. The molecular formula is C18H25ClF3NO3. The molecule has 0 saturated carbocycles. The molecule has 0 bridgehead atoms. The fraction of sp³-hybridized carbons (Fsp3) is 0.611. The largest absolute Gasteiger partial charge is 0.491 e. The van der Waals surface area contributed by atoms with E-state index >= 15 is 0 Å². The van der Waals surface area contributed by atoms with Crippen molar-refractivity contribution in [1.29, 1.82) is 0 Å². The molecule has 4 nitrogen and oxygen atoms in total. The first-order valence-electron chi connectivity index (χ1n) is 8.11. The molecule has 1 amide bonds. The van der Waals surface area contributed by atoms with Gasteiger partial charge in [0.1, 0.15) is 12.4 Å². The molecule has 1 atom stereocenters. The molecule has 8 heteroatoms. The summed E-state index contributed by atoms with van der Waals surface area (Å²) in [5, 5.41) is 9.57. The molecule has 1 aromatic carbocycles. The average Bonchev–Trinajstić information content (AvgIpc) is 2.42. The lowest BCUT2D eigenvalue weighted by atomic mass is 9.83. The van der Waals surface area contributed by atoms with Crippen LogP contribution in [0.5, 0.6) is 5.75 Å². The van der Waals surface area contributed by atoms with Crippen molar-refractivity contribution in [3.63, 3.8) is 0 Å². The molecule has 0 saturated heterocycles. The van der Waals surface area contributed by atoms with E-state index in [1.165, 1.54) is 23.1 Å². The zero-order chi connectivity index (χ0) is 20.5. The Kier molecular flexibility index (Phi) is 6.50. The summed E-state index contributed by atoms with van der Waals surface area (Å²) in [6.07, 6.45) is -5.62. The van der Waals surface area contributed by atoms with Gasteiger partial charge in [0.05, 0.1) is 11.5 Å². The van der Waals surface area contributed by atoms with Gasteiger partial charge in [0.15, 0.2) is 0 Å². The fourth-order valence-electron chi connectivity index (χ4n) is 2.69. The first-order valence-corrected chi connectivity index (χ1v) is 8.48. The molecule has 0 spiro atoms. The van der Waals surface area contributed by atoms with Crippen molar-refractivity contribution in [2.45, 2.75) is 64.7 Å². The van der Waals surface area contributed by atoms with E-state index in [1.54, 1.807) is 27.7 Å². The Morgan fingerprint density at radius 1 is 1.23 bits per heavy atom. The fourth-order valence-corrected chi connectivity index (χ4v) is 2.86.